The lowest BCUT2D eigenvalue weighted by Gasteiger charge is -2.21. The summed E-state index contributed by atoms with van der Waals surface area (Å²) in [6.45, 7) is 3.53. The molecule has 0 saturated heterocycles. The molecule has 1 aromatic heterocycles. The van der Waals surface area contributed by atoms with Gasteiger partial charge in [-0.1, -0.05) is 18.2 Å². The summed E-state index contributed by atoms with van der Waals surface area (Å²) in [7, 11) is 3.15. The highest BCUT2D eigenvalue weighted by molar-refractivity contribution is 6.44. The van der Waals surface area contributed by atoms with Gasteiger partial charge in [-0.15, -0.1) is 0 Å². The molecule has 0 saturated carbocycles. The maximum Gasteiger partial charge on any atom is 0.270 e. The van der Waals surface area contributed by atoms with Crippen molar-refractivity contribution in [3.8, 4) is 0 Å². The number of pyridine rings is 1. The lowest BCUT2D eigenvalue weighted by atomic mass is 10.2. The summed E-state index contributed by atoms with van der Waals surface area (Å²) < 4.78 is 10.0. The van der Waals surface area contributed by atoms with E-state index in [0.29, 0.717) is 38.4 Å². The fraction of sp³-hybridized carbons (Fsp3) is 0.360. The van der Waals surface area contributed by atoms with Gasteiger partial charge >= 0.3 is 0 Å². The molecule has 0 bridgehead atoms. The van der Waals surface area contributed by atoms with Crippen molar-refractivity contribution in [3.05, 3.63) is 54.9 Å². The predicted octanol–water partition coefficient (Wildman–Crippen LogP) is 2.09. The van der Waals surface area contributed by atoms with E-state index in [1.165, 1.54) is 10.0 Å². The first-order chi connectivity index (χ1) is 17.4. The maximum absolute atomic E-state index is 12.6. The highest BCUT2D eigenvalue weighted by Gasteiger charge is 2.31. The normalized spacial score (nSPS) is 14.9. The topological polar surface area (TPSA) is 117 Å². The minimum absolute atomic E-state index is 0.00416. The van der Waals surface area contributed by atoms with Crippen LogP contribution in [0, 0.1) is 0 Å². The second kappa shape index (κ2) is 13.2. The molecule has 4 rings (SSSR count). The number of methoxy groups -OCH3 is 2. The molecule has 0 N–H and O–H groups in total. The Morgan fingerprint density at radius 3 is 2.06 bits per heavy atom. The minimum atomic E-state index is -0.258. The van der Waals surface area contributed by atoms with E-state index in [9.17, 15) is 14.4 Å². The van der Waals surface area contributed by atoms with Gasteiger partial charge in [-0.25, -0.2) is 0 Å². The lowest BCUT2D eigenvalue weighted by molar-refractivity contribution is -0.126. The van der Waals surface area contributed by atoms with Crippen LogP contribution in [0.1, 0.15) is 19.8 Å². The van der Waals surface area contributed by atoms with E-state index < -0.39 is 0 Å². The van der Waals surface area contributed by atoms with Gasteiger partial charge in [0.05, 0.1) is 43.6 Å². The molecule has 0 aliphatic carbocycles. The van der Waals surface area contributed by atoms with Gasteiger partial charge < -0.3 is 14.4 Å². The van der Waals surface area contributed by atoms with Crippen LogP contribution >= 0.6 is 0 Å². The highest BCUT2D eigenvalue weighted by atomic mass is 16.5. The zero-order valence-corrected chi connectivity index (χ0v) is 20.7. The quantitative estimate of drug-likeness (QED) is 0.527. The van der Waals surface area contributed by atoms with Crippen molar-refractivity contribution < 1.29 is 23.9 Å². The monoisotopic (exact) mass is 494 g/mol. The summed E-state index contributed by atoms with van der Waals surface area (Å²) in [6.07, 6.45) is 3.71. The standard InChI is InChI=1S/C16H21N3O4.C9H9N3O/c1-22-10-8-18(9-11-23-2)16(21)14-12-15(20)19(17-14)13-6-4-3-5-7-13;1-7-5-9(13)12(11-7)8-3-2-4-10-6-8/h3-7H,8-12H2,1-2H3;2-4,6H,5H2,1H3. The van der Waals surface area contributed by atoms with E-state index >= 15 is 0 Å². The van der Waals surface area contributed by atoms with Crippen molar-refractivity contribution in [1.29, 1.82) is 0 Å². The van der Waals surface area contributed by atoms with Crippen LogP contribution in [0.2, 0.25) is 0 Å². The van der Waals surface area contributed by atoms with Crippen LogP contribution in [0.15, 0.2) is 65.1 Å². The van der Waals surface area contributed by atoms with E-state index in [1.54, 1.807) is 49.7 Å². The molecule has 190 valence electrons. The van der Waals surface area contributed by atoms with Gasteiger partial charge in [-0.3, -0.25) is 19.4 Å². The van der Waals surface area contributed by atoms with Crippen molar-refractivity contribution in [1.82, 2.24) is 9.88 Å². The molecule has 2 aliphatic rings. The second-order valence-electron chi connectivity index (χ2n) is 7.97. The van der Waals surface area contributed by atoms with E-state index in [1.807, 2.05) is 31.2 Å². The van der Waals surface area contributed by atoms with Gasteiger partial charge in [0.15, 0.2) is 0 Å². The van der Waals surface area contributed by atoms with Gasteiger partial charge in [0.1, 0.15) is 5.71 Å². The van der Waals surface area contributed by atoms with Gasteiger partial charge in [-0.05, 0) is 31.2 Å². The van der Waals surface area contributed by atoms with Crippen LogP contribution in [0.25, 0.3) is 0 Å². The Bertz CT molecular complexity index is 1100. The van der Waals surface area contributed by atoms with Crippen LogP contribution in [0.5, 0.6) is 0 Å². The summed E-state index contributed by atoms with van der Waals surface area (Å²) in [5, 5.41) is 11.0. The number of anilines is 2. The molecule has 11 heteroatoms. The third-order valence-corrected chi connectivity index (χ3v) is 5.25. The van der Waals surface area contributed by atoms with Crippen molar-refractivity contribution in [2.45, 2.75) is 19.8 Å². The Kier molecular flexibility index (Phi) is 9.78. The van der Waals surface area contributed by atoms with Gasteiger partial charge in [0, 0.05) is 39.2 Å². The Balaban J connectivity index is 0.000000233. The molecule has 0 unspecified atom stereocenters. The van der Waals surface area contributed by atoms with Gasteiger partial charge in [-0.2, -0.15) is 20.2 Å². The smallest absolute Gasteiger partial charge is 0.270 e. The number of benzene rings is 1. The first kappa shape index (κ1) is 26.6. The average molecular weight is 495 g/mol. The Labute approximate surface area is 210 Å². The van der Waals surface area contributed by atoms with Crippen LogP contribution in [-0.2, 0) is 23.9 Å². The predicted molar refractivity (Wildman–Crippen MR) is 136 cm³/mol. The van der Waals surface area contributed by atoms with Crippen molar-refractivity contribution in [2.75, 3.05) is 50.5 Å². The summed E-state index contributed by atoms with van der Waals surface area (Å²) in [5.41, 5.74) is 2.46. The van der Waals surface area contributed by atoms with Crippen LogP contribution < -0.4 is 10.0 Å². The minimum Gasteiger partial charge on any atom is -0.383 e. The number of ether oxygens (including phenoxy) is 2. The molecular weight excluding hydrogens is 464 g/mol. The number of carbonyl (C=O) groups excluding carboxylic acids is 3. The number of carbonyl (C=O) groups is 3. The molecule has 3 amide bonds. The third-order valence-electron chi connectivity index (χ3n) is 5.25. The molecular formula is C25H30N6O5. The Morgan fingerprint density at radius 2 is 1.50 bits per heavy atom. The maximum atomic E-state index is 12.6. The molecule has 0 fully saturated rings. The first-order valence-electron chi connectivity index (χ1n) is 11.4. The number of aromatic nitrogens is 1. The van der Waals surface area contributed by atoms with Crippen molar-refractivity contribution >= 4 is 40.5 Å². The number of amides is 3. The largest absolute Gasteiger partial charge is 0.383 e. The number of rotatable bonds is 9. The van der Waals surface area contributed by atoms with Crippen LogP contribution in [0.3, 0.4) is 0 Å². The zero-order chi connectivity index (χ0) is 25.9. The molecule has 0 spiro atoms. The second-order valence-corrected chi connectivity index (χ2v) is 7.97. The summed E-state index contributed by atoms with van der Waals surface area (Å²) in [5.74, 6) is -0.464. The summed E-state index contributed by atoms with van der Waals surface area (Å²) >= 11 is 0. The van der Waals surface area contributed by atoms with Crippen molar-refractivity contribution in [2.24, 2.45) is 10.2 Å². The molecule has 3 heterocycles. The Morgan fingerprint density at radius 1 is 0.889 bits per heavy atom. The van der Waals surface area contributed by atoms with Gasteiger partial charge in [0.2, 0.25) is 0 Å². The highest BCUT2D eigenvalue weighted by Crippen LogP contribution is 2.21. The van der Waals surface area contributed by atoms with Gasteiger partial charge in [0.25, 0.3) is 17.7 Å². The van der Waals surface area contributed by atoms with Crippen LogP contribution in [-0.4, -0.2) is 79.6 Å². The first-order valence-corrected chi connectivity index (χ1v) is 11.4. The molecule has 36 heavy (non-hydrogen) atoms. The molecule has 0 radical (unpaired) electrons. The molecule has 2 aromatic rings. The number of hydrazone groups is 2. The molecule has 0 atom stereocenters. The molecule has 2 aliphatic heterocycles. The van der Waals surface area contributed by atoms with E-state index in [-0.39, 0.29) is 29.9 Å². The molecule has 1 aromatic carbocycles. The SMILES string of the molecule is CC1=NN(c2cccnc2)C(=O)C1.COCCN(CCOC)C(=O)C1=NN(c2ccccc2)C(=O)C1. The number of para-hydroxylation sites is 1. The zero-order valence-electron chi connectivity index (χ0n) is 20.7. The lowest BCUT2D eigenvalue weighted by Crippen LogP contribution is -2.40. The van der Waals surface area contributed by atoms with E-state index in [2.05, 4.69) is 15.2 Å². The fourth-order valence-corrected chi connectivity index (χ4v) is 3.46. The summed E-state index contributed by atoms with van der Waals surface area (Å²) in [6, 6.07) is 12.7. The van der Waals surface area contributed by atoms with Crippen LogP contribution in [0.4, 0.5) is 11.4 Å². The fourth-order valence-electron chi connectivity index (χ4n) is 3.46. The molecule has 11 nitrogen and oxygen atoms in total. The van der Waals surface area contributed by atoms with Crippen molar-refractivity contribution in [3.63, 3.8) is 0 Å². The number of nitrogens with zero attached hydrogens (tertiary/aromatic N) is 6. The summed E-state index contributed by atoms with van der Waals surface area (Å²) in [4.78, 5) is 41.6. The Hall–Kier alpha value is -3.96. The number of hydrogen-bond acceptors (Lipinski definition) is 8. The third kappa shape index (κ3) is 7.03. The average Bonchev–Trinajstić information content (AvgIpc) is 3.46. The van der Waals surface area contributed by atoms with E-state index in [4.69, 9.17) is 9.47 Å². The van der Waals surface area contributed by atoms with E-state index in [0.717, 1.165) is 11.4 Å². The number of hydrogen-bond donors (Lipinski definition) is 0.